The van der Waals surface area contributed by atoms with E-state index in [0.717, 1.165) is 12.0 Å². The summed E-state index contributed by atoms with van der Waals surface area (Å²) in [6.07, 6.45) is 2.57. The number of carbonyl (C=O) groups is 1. The molecule has 0 saturated carbocycles. The number of aromatic nitrogens is 3. The van der Waals surface area contributed by atoms with E-state index in [0.29, 0.717) is 16.5 Å². The first-order chi connectivity index (χ1) is 11.1. The van der Waals surface area contributed by atoms with Gasteiger partial charge in [0.1, 0.15) is 10.8 Å². The van der Waals surface area contributed by atoms with E-state index in [9.17, 15) is 4.79 Å². The van der Waals surface area contributed by atoms with E-state index < -0.39 is 0 Å². The Hall–Kier alpha value is -2.40. The van der Waals surface area contributed by atoms with E-state index in [-0.39, 0.29) is 11.9 Å². The molecule has 0 fully saturated rings. The van der Waals surface area contributed by atoms with Gasteiger partial charge in [-0.3, -0.25) is 4.79 Å². The summed E-state index contributed by atoms with van der Waals surface area (Å²) in [5, 5.41) is 7.38. The van der Waals surface area contributed by atoms with Gasteiger partial charge in [0.05, 0.1) is 12.2 Å². The van der Waals surface area contributed by atoms with E-state index in [4.69, 9.17) is 11.6 Å². The number of rotatable bonds is 4. The summed E-state index contributed by atoms with van der Waals surface area (Å²) < 4.78 is 1.50. The molecule has 0 spiro atoms. The summed E-state index contributed by atoms with van der Waals surface area (Å²) in [6, 6.07) is 11.5. The summed E-state index contributed by atoms with van der Waals surface area (Å²) in [7, 11) is 0. The van der Waals surface area contributed by atoms with Crippen molar-refractivity contribution in [2.45, 2.75) is 26.3 Å². The molecule has 1 N–H and O–H groups in total. The van der Waals surface area contributed by atoms with Crippen molar-refractivity contribution in [2.24, 2.45) is 0 Å². The number of aryl methyl sites for hydroxylation is 1. The Balaban J connectivity index is 1.76. The molecule has 2 aromatic heterocycles. The number of imidazole rings is 1. The average molecular weight is 329 g/mol. The van der Waals surface area contributed by atoms with Gasteiger partial charge < -0.3 is 5.32 Å². The highest BCUT2D eigenvalue weighted by Gasteiger charge is 2.15. The molecule has 0 unspecified atom stereocenters. The van der Waals surface area contributed by atoms with E-state index in [1.54, 1.807) is 18.3 Å². The number of hydrogen-bond donors (Lipinski definition) is 1. The largest absolute Gasteiger partial charge is 0.344 e. The zero-order valence-corrected chi connectivity index (χ0v) is 13.7. The minimum absolute atomic E-state index is 0.102. The molecule has 1 atom stereocenters. The zero-order chi connectivity index (χ0) is 16.4. The number of nitrogens with one attached hydrogen (secondary N) is 1. The Kier molecular flexibility index (Phi) is 4.30. The first kappa shape index (κ1) is 15.5. The van der Waals surface area contributed by atoms with Gasteiger partial charge >= 0.3 is 0 Å². The maximum atomic E-state index is 12.4. The second-order valence-corrected chi connectivity index (χ2v) is 5.76. The van der Waals surface area contributed by atoms with Crippen molar-refractivity contribution < 1.29 is 4.79 Å². The molecule has 23 heavy (non-hydrogen) atoms. The molecule has 3 aromatic rings. The first-order valence-corrected chi connectivity index (χ1v) is 7.86. The summed E-state index contributed by atoms with van der Waals surface area (Å²) >= 11 is 5.84. The van der Waals surface area contributed by atoms with Gasteiger partial charge in [-0.05, 0) is 36.6 Å². The molecule has 2 heterocycles. The number of hydrogen-bond acceptors (Lipinski definition) is 3. The molecular formula is C17H17ClN4O. The molecule has 0 aliphatic rings. The highest BCUT2D eigenvalue weighted by Crippen LogP contribution is 2.15. The molecule has 0 saturated heterocycles. The molecule has 6 heteroatoms. The Labute approximate surface area is 139 Å². The molecule has 118 valence electrons. The summed E-state index contributed by atoms with van der Waals surface area (Å²) in [5.41, 5.74) is 3.23. The van der Waals surface area contributed by atoms with Gasteiger partial charge in [0.25, 0.3) is 5.91 Å². The van der Waals surface area contributed by atoms with Crippen molar-refractivity contribution in [3.63, 3.8) is 0 Å². The van der Waals surface area contributed by atoms with Crippen LogP contribution in [0.15, 0.2) is 42.6 Å². The minimum Gasteiger partial charge on any atom is -0.344 e. The lowest BCUT2D eigenvalue weighted by atomic mass is 10.0. The summed E-state index contributed by atoms with van der Waals surface area (Å²) in [4.78, 5) is 16.6. The van der Waals surface area contributed by atoms with E-state index >= 15 is 0 Å². The van der Waals surface area contributed by atoms with Crippen molar-refractivity contribution in [2.75, 3.05) is 0 Å². The molecule has 0 aliphatic heterocycles. The molecule has 1 aromatic carbocycles. The molecule has 1 amide bonds. The van der Waals surface area contributed by atoms with Gasteiger partial charge in [0.2, 0.25) is 0 Å². The fourth-order valence-electron chi connectivity index (χ4n) is 2.36. The van der Waals surface area contributed by atoms with Crippen LogP contribution in [0.5, 0.6) is 0 Å². The monoisotopic (exact) mass is 328 g/mol. The number of halogens is 1. The predicted molar refractivity (Wildman–Crippen MR) is 89.7 cm³/mol. The molecule has 0 radical (unpaired) electrons. The fourth-order valence-corrected chi connectivity index (χ4v) is 2.51. The van der Waals surface area contributed by atoms with Crippen LogP contribution in [-0.4, -0.2) is 20.5 Å². The van der Waals surface area contributed by atoms with Crippen LogP contribution >= 0.6 is 11.6 Å². The third-order valence-electron chi connectivity index (χ3n) is 3.76. The predicted octanol–water partition coefficient (Wildman–Crippen LogP) is 3.44. The Morgan fingerprint density at radius 1 is 1.26 bits per heavy atom. The maximum absolute atomic E-state index is 12.4. The van der Waals surface area contributed by atoms with E-state index in [1.165, 1.54) is 10.1 Å². The van der Waals surface area contributed by atoms with Crippen molar-refractivity contribution in [1.82, 2.24) is 19.9 Å². The second kappa shape index (κ2) is 6.38. The average Bonchev–Trinajstić information content (AvgIpc) is 2.98. The highest BCUT2D eigenvalue weighted by atomic mass is 35.5. The quantitative estimate of drug-likeness (QED) is 0.798. The van der Waals surface area contributed by atoms with Crippen molar-refractivity contribution in [3.05, 3.63) is 64.6 Å². The van der Waals surface area contributed by atoms with Crippen LogP contribution in [0.3, 0.4) is 0 Å². The van der Waals surface area contributed by atoms with Gasteiger partial charge in [-0.2, -0.15) is 5.10 Å². The van der Waals surface area contributed by atoms with Crippen LogP contribution < -0.4 is 5.32 Å². The van der Waals surface area contributed by atoms with Gasteiger partial charge in [-0.25, -0.2) is 9.50 Å². The van der Waals surface area contributed by atoms with E-state index in [1.807, 2.05) is 19.1 Å². The minimum atomic E-state index is -0.237. The lowest BCUT2D eigenvalue weighted by Gasteiger charge is -2.13. The smallest absolute Gasteiger partial charge is 0.272 e. The maximum Gasteiger partial charge on any atom is 0.272 e. The van der Waals surface area contributed by atoms with Crippen LogP contribution in [-0.2, 0) is 6.42 Å². The molecule has 0 aliphatic carbocycles. The van der Waals surface area contributed by atoms with Crippen LogP contribution in [0.25, 0.3) is 5.65 Å². The SMILES string of the molecule is CCc1ccc([C@H](C)NC(=O)c2cn3nc(Cl)ccc3n2)cc1. The molecule has 3 rings (SSSR count). The third-order valence-corrected chi connectivity index (χ3v) is 3.96. The van der Waals surface area contributed by atoms with Crippen LogP contribution in [0.1, 0.15) is 41.5 Å². The Bertz CT molecular complexity index is 841. The van der Waals surface area contributed by atoms with Crippen molar-refractivity contribution in [1.29, 1.82) is 0 Å². The highest BCUT2D eigenvalue weighted by molar-refractivity contribution is 6.29. The van der Waals surface area contributed by atoms with Crippen LogP contribution in [0, 0.1) is 0 Å². The molecular weight excluding hydrogens is 312 g/mol. The fraction of sp³-hybridized carbons (Fsp3) is 0.235. The Morgan fingerprint density at radius 3 is 2.70 bits per heavy atom. The number of benzene rings is 1. The number of nitrogens with zero attached hydrogens (tertiary/aromatic N) is 3. The number of fused-ring (bicyclic) bond motifs is 1. The summed E-state index contributed by atoms with van der Waals surface area (Å²) in [6.45, 7) is 4.06. The second-order valence-electron chi connectivity index (χ2n) is 5.38. The normalized spacial score (nSPS) is 12.3. The van der Waals surface area contributed by atoms with Gasteiger partial charge in [0.15, 0.2) is 5.65 Å². The third kappa shape index (κ3) is 3.35. The van der Waals surface area contributed by atoms with E-state index in [2.05, 4.69) is 34.5 Å². The van der Waals surface area contributed by atoms with Gasteiger partial charge in [-0.15, -0.1) is 0 Å². The topological polar surface area (TPSA) is 59.3 Å². The standard InChI is InChI=1S/C17H17ClN4O/c1-3-12-4-6-13(7-5-12)11(2)19-17(23)14-10-22-16(20-14)9-8-15(18)21-22/h4-11H,3H2,1-2H3,(H,19,23)/t11-/m0/s1. The molecule has 0 bridgehead atoms. The number of carbonyl (C=O) groups excluding carboxylic acids is 1. The summed E-state index contributed by atoms with van der Waals surface area (Å²) in [5.74, 6) is -0.237. The zero-order valence-electron chi connectivity index (χ0n) is 13.0. The Morgan fingerprint density at radius 2 is 2.00 bits per heavy atom. The molecule has 5 nitrogen and oxygen atoms in total. The number of amides is 1. The van der Waals surface area contributed by atoms with Crippen molar-refractivity contribution >= 4 is 23.2 Å². The van der Waals surface area contributed by atoms with Crippen LogP contribution in [0.4, 0.5) is 0 Å². The first-order valence-electron chi connectivity index (χ1n) is 7.48. The van der Waals surface area contributed by atoms with Crippen molar-refractivity contribution in [3.8, 4) is 0 Å². The van der Waals surface area contributed by atoms with Gasteiger partial charge in [-0.1, -0.05) is 42.8 Å². The lowest BCUT2D eigenvalue weighted by molar-refractivity contribution is 0.0935. The van der Waals surface area contributed by atoms with Gasteiger partial charge in [0, 0.05) is 0 Å². The lowest BCUT2D eigenvalue weighted by Crippen LogP contribution is -2.26. The van der Waals surface area contributed by atoms with Crippen LogP contribution in [0.2, 0.25) is 5.15 Å².